The van der Waals surface area contributed by atoms with E-state index in [9.17, 15) is 4.79 Å². The van der Waals surface area contributed by atoms with Crippen LogP contribution in [-0.2, 0) is 4.79 Å². The minimum absolute atomic E-state index is 0.113. The molecule has 1 N–H and O–H groups in total. The summed E-state index contributed by atoms with van der Waals surface area (Å²) in [4.78, 5) is 17.5. The van der Waals surface area contributed by atoms with Gasteiger partial charge < -0.3 is 5.32 Å². The van der Waals surface area contributed by atoms with Crippen LogP contribution in [0.25, 0.3) is 0 Å². The summed E-state index contributed by atoms with van der Waals surface area (Å²) < 4.78 is 0. The molecule has 2 rings (SSSR count). The largest absolute Gasteiger partial charge is 0.353 e. The van der Waals surface area contributed by atoms with E-state index in [0.29, 0.717) is 6.04 Å². The lowest BCUT2D eigenvalue weighted by atomic mass is 9.98. The van der Waals surface area contributed by atoms with Crippen LogP contribution in [0.3, 0.4) is 0 Å². The molecule has 0 aliphatic carbocycles. The number of nitrogens with one attached hydrogen (secondary N) is 1. The fourth-order valence-electron chi connectivity index (χ4n) is 3.81. The van der Waals surface area contributed by atoms with Crippen LogP contribution in [0, 0.1) is 5.92 Å². The second-order valence-corrected chi connectivity index (χ2v) is 7.36. The average molecular weight is 309 g/mol. The first kappa shape index (κ1) is 17.7. The van der Waals surface area contributed by atoms with E-state index in [1.54, 1.807) is 0 Å². The summed E-state index contributed by atoms with van der Waals surface area (Å²) in [5.41, 5.74) is 0. The first-order valence-corrected chi connectivity index (χ1v) is 9.37. The molecule has 0 bridgehead atoms. The van der Waals surface area contributed by atoms with Crippen molar-refractivity contribution in [3.05, 3.63) is 0 Å². The lowest BCUT2D eigenvalue weighted by molar-refractivity contribution is -0.127. The predicted octanol–water partition coefficient (Wildman–Crippen LogP) is 2.49. The minimum atomic E-state index is 0.113. The summed E-state index contributed by atoms with van der Waals surface area (Å²) in [6, 6.07) is 0.571. The molecular weight excluding hydrogens is 274 g/mol. The van der Waals surface area contributed by atoms with Crippen LogP contribution in [0.2, 0.25) is 0 Å². The number of likely N-dealkylation sites (tertiary alicyclic amines) is 2. The van der Waals surface area contributed by atoms with E-state index in [0.717, 1.165) is 38.4 Å². The van der Waals surface area contributed by atoms with E-state index < -0.39 is 0 Å². The monoisotopic (exact) mass is 309 g/mol. The first-order valence-electron chi connectivity index (χ1n) is 9.37. The van der Waals surface area contributed by atoms with Crippen LogP contribution in [0.5, 0.6) is 0 Å². The predicted molar refractivity (Wildman–Crippen MR) is 91.9 cm³/mol. The molecule has 2 fully saturated rings. The van der Waals surface area contributed by atoms with E-state index in [-0.39, 0.29) is 11.9 Å². The summed E-state index contributed by atoms with van der Waals surface area (Å²) >= 11 is 0. The molecule has 2 saturated heterocycles. The molecule has 2 unspecified atom stereocenters. The smallest absolute Gasteiger partial charge is 0.237 e. The van der Waals surface area contributed by atoms with E-state index in [2.05, 4.69) is 35.9 Å². The Hall–Kier alpha value is -0.610. The van der Waals surface area contributed by atoms with Crippen molar-refractivity contribution in [2.24, 2.45) is 5.92 Å². The molecule has 0 radical (unpaired) electrons. The summed E-state index contributed by atoms with van der Waals surface area (Å²) in [5, 5.41) is 3.23. The van der Waals surface area contributed by atoms with Crippen molar-refractivity contribution in [1.29, 1.82) is 0 Å². The molecule has 2 atom stereocenters. The fraction of sp³-hybridized carbons (Fsp3) is 0.944. The maximum Gasteiger partial charge on any atom is 0.237 e. The number of hydrogen-bond acceptors (Lipinski definition) is 3. The molecule has 4 heteroatoms. The van der Waals surface area contributed by atoms with Gasteiger partial charge in [0.05, 0.1) is 6.04 Å². The van der Waals surface area contributed by atoms with Gasteiger partial charge in [-0.05, 0) is 71.1 Å². The van der Waals surface area contributed by atoms with Crippen molar-refractivity contribution in [1.82, 2.24) is 15.1 Å². The number of nitrogens with zero attached hydrogens (tertiary/aromatic N) is 2. The highest BCUT2D eigenvalue weighted by Gasteiger charge is 2.28. The average Bonchev–Trinajstić information content (AvgIpc) is 2.54. The Morgan fingerprint density at radius 2 is 1.91 bits per heavy atom. The standard InChI is InChI=1S/C18H35N3O/c1-4-10-21-11-6-5-7-17(21)18(22)19-14-16(3)20-12-8-15(2)9-13-20/h15-17H,4-14H2,1-3H3,(H,19,22). The van der Waals surface area contributed by atoms with Gasteiger partial charge in [-0.1, -0.05) is 20.3 Å². The lowest BCUT2D eigenvalue weighted by Gasteiger charge is -2.37. The Morgan fingerprint density at radius 3 is 2.59 bits per heavy atom. The summed E-state index contributed by atoms with van der Waals surface area (Å²) in [5.74, 6) is 1.12. The molecule has 1 amide bonds. The minimum Gasteiger partial charge on any atom is -0.353 e. The van der Waals surface area contributed by atoms with E-state index >= 15 is 0 Å². The number of amides is 1. The third-order valence-electron chi connectivity index (χ3n) is 5.44. The molecular formula is C18H35N3O. The zero-order chi connectivity index (χ0) is 15.9. The maximum absolute atomic E-state index is 12.6. The van der Waals surface area contributed by atoms with Crippen LogP contribution in [0.15, 0.2) is 0 Å². The van der Waals surface area contributed by atoms with Gasteiger partial charge in [0.2, 0.25) is 5.91 Å². The molecule has 4 nitrogen and oxygen atoms in total. The zero-order valence-electron chi connectivity index (χ0n) is 14.8. The molecule has 0 spiro atoms. The van der Waals surface area contributed by atoms with Crippen LogP contribution < -0.4 is 5.32 Å². The summed E-state index contributed by atoms with van der Waals surface area (Å²) in [6.07, 6.45) is 7.19. The Morgan fingerprint density at radius 1 is 1.18 bits per heavy atom. The Bertz CT molecular complexity index is 337. The van der Waals surface area contributed by atoms with Crippen molar-refractivity contribution in [2.75, 3.05) is 32.7 Å². The van der Waals surface area contributed by atoms with Crippen LogP contribution in [0.1, 0.15) is 59.3 Å². The third kappa shape index (κ3) is 4.95. The second kappa shape index (κ2) is 8.88. The van der Waals surface area contributed by atoms with E-state index in [1.165, 1.54) is 38.8 Å². The number of piperidine rings is 2. The first-order chi connectivity index (χ1) is 10.6. The van der Waals surface area contributed by atoms with Gasteiger partial charge in [0, 0.05) is 12.6 Å². The highest BCUT2D eigenvalue weighted by atomic mass is 16.2. The maximum atomic E-state index is 12.6. The molecule has 2 aliphatic heterocycles. The fourth-order valence-corrected chi connectivity index (χ4v) is 3.81. The van der Waals surface area contributed by atoms with Gasteiger partial charge in [0.1, 0.15) is 0 Å². The Balaban J connectivity index is 1.76. The number of carbonyl (C=O) groups is 1. The quantitative estimate of drug-likeness (QED) is 0.819. The molecule has 0 aromatic heterocycles. The van der Waals surface area contributed by atoms with Crippen molar-refractivity contribution in [3.63, 3.8) is 0 Å². The molecule has 22 heavy (non-hydrogen) atoms. The van der Waals surface area contributed by atoms with Crippen molar-refractivity contribution < 1.29 is 4.79 Å². The van der Waals surface area contributed by atoms with Gasteiger partial charge >= 0.3 is 0 Å². The topological polar surface area (TPSA) is 35.6 Å². The normalized spacial score (nSPS) is 26.8. The van der Waals surface area contributed by atoms with E-state index in [4.69, 9.17) is 0 Å². The number of hydrogen-bond donors (Lipinski definition) is 1. The van der Waals surface area contributed by atoms with Gasteiger partial charge in [-0.25, -0.2) is 0 Å². The third-order valence-corrected chi connectivity index (χ3v) is 5.44. The van der Waals surface area contributed by atoms with Crippen molar-refractivity contribution in [3.8, 4) is 0 Å². The van der Waals surface area contributed by atoms with Crippen LogP contribution in [0.4, 0.5) is 0 Å². The van der Waals surface area contributed by atoms with Gasteiger partial charge in [-0.3, -0.25) is 14.6 Å². The highest BCUT2D eigenvalue weighted by Crippen LogP contribution is 2.19. The molecule has 128 valence electrons. The summed E-state index contributed by atoms with van der Waals surface area (Å²) in [7, 11) is 0. The zero-order valence-corrected chi connectivity index (χ0v) is 14.8. The van der Waals surface area contributed by atoms with Gasteiger partial charge in [-0.2, -0.15) is 0 Å². The van der Waals surface area contributed by atoms with Gasteiger partial charge in [-0.15, -0.1) is 0 Å². The summed E-state index contributed by atoms with van der Waals surface area (Å²) in [6.45, 7) is 12.1. The lowest BCUT2D eigenvalue weighted by Crippen LogP contribution is -2.52. The molecule has 0 saturated carbocycles. The number of rotatable bonds is 6. The van der Waals surface area contributed by atoms with Crippen molar-refractivity contribution in [2.45, 2.75) is 71.4 Å². The molecule has 2 aliphatic rings. The van der Waals surface area contributed by atoms with Crippen LogP contribution in [-0.4, -0.2) is 60.5 Å². The SMILES string of the molecule is CCCN1CCCCC1C(=O)NCC(C)N1CCC(C)CC1. The highest BCUT2D eigenvalue weighted by molar-refractivity contribution is 5.81. The van der Waals surface area contributed by atoms with Gasteiger partial charge in [0.15, 0.2) is 0 Å². The molecule has 0 aromatic carbocycles. The number of carbonyl (C=O) groups excluding carboxylic acids is 1. The molecule has 0 aromatic rings. The Kier molecular flexibility index (Phi) is 7.16. The van der Waals surface area contributed by atoms with E-state index in [1.807, 2.05) is 0 Å². The second-order valence-electron chi connectivity index (χ2n) is 7.36. The van der Waals surface area contributed by atoms with Crippen LogP contribution >= 0.6 is 0 Å². The van der Waals surface area contributed by atoms with Gasteiger partial charge in [0.25, 0.3) is 0 Å². The van der Waals surface area contributed by atoms with Crippen molar-refractivity contribution >= 4 is 5.91 Å². The Labute approximate surface area is 136 Å². The molecule has 2 heterocycles.